The summed E-state index contributed by atoms with van der Waals surface area (Å²) in [6, 6.07) is 0. The average molecular weight is 223 g/mol. The van der Waals surface area contributed by atoms with Crippen molar-refractivity contribution >= 4 is 11.6 Å². The van der Waals surface area contributed by atoms with Gasteiger partial charge in [0.1, 0.15) is 0 Å². The second-order valence-corrected chi connectivity index (χ2v) is 4.22. The van der Waals surface area contributed by atoms with E-state index in [1.54, 1.807) is 11.1 Å². The van der Waals surface area contributed by atoms with Gasteiger partial charge in [-0.05, 0) is 6.42 Å². The zero-order valence-electron chi connectivity index (χ0n) is 9.46. The van der Waals surface area contributed by atoms with Gasteiger partial charge < -0.3 is 10.0 Å². The normalized spacial score (nSPS) is 20.8. The van der Waals surface area contributed by atoms with Gasteiger partial charge in [0.25, 0.3) is 0 Å². The summed E-state index contributed by atoms with van der Waals surface area (Å²) in [5.41, 5.74) is 0.842. The first kappa shape index (κ1) is 11.1. The third kappa shape index (κ3) is 2.09. The molecule has 1 aromatic heterocycles. The Labute approximate surface area is 94.7 Å². The van der Waals surface area contributed by atoms with Crippen molar-refractivity contribution in [2.24, 2.45) is 5.92 Å². The van der Waals surface area contributed by atoms with Crippen molar-refractivity contribution in [2.45, 2.75) is 26.3 Å². The molecule has 1 unspecified atom stereocenters. The van der Waals surface area contributed by atoms with E-state index < -0.39 is 0 Å². The topological polar surface area (TPSA) is 58.4 Å². The average Bonchev–Trinajstić information content (AvgIpc) is 2.85. The lowest BCUT2D eigenvalue weighted by Crippen LogP contribution is -2.24. The summed E-state index contributed by atoms with van der Waals surface area (Å²) in [6.45, 7) is 3.63. The van der Waals surface area contributed by atoms with E-state index in [2.05, 4.69) is 12.0 Å². The molecule has 0 aromatic carbocycles. The van der Waals surface area contributed by atoms with E-state index in [9.17, 15) is 4.79 Å². The number of nitrogens with zero attached hydrogens (tertiary/aromatic N) is 3. The van der Waals surface area contributed by atoms with Crippen LogP contribution >= 0.6 is 0 Å². The Morgan fingerprint density at radius 2 is 2.44 bits per heavy atom. The molecule has 0 saturated carbocycles. The number of amides is 1. The van der Waals surface area contributed by atoms with E-state index in [1.807, 2.05) is 10.9 Å². The highest BCUT2D eigenvalue weighted by Crippen LogP contribution is 2.24. The van der Waals surface area contributed by atoms with Crippen molar-refractivity contribution in [3.05, 3.63) is 12.4 Å². The van der Waals surface area contributed by atoms with Crippen LogP contribution < -0.4 is 4.90 Å². The third-order valence-electron chi connectivity index (χ3n) is 2.85. The van der Waals surface area contributed by atoms with E-state index in [-0.39, 0.29) is 18.4 Å². The Hall–Kier alpha value is -1.36. The number of aromatic nitrogens is 2. The van der Waals surface area contributed by atoms with Crippen molar-refractivity contribution in [3.63, 3.8) is 0 Å². The van der Waals surface area contributed by atoms with Crippen LogP contribution in [0.5, 0.6) is 0 Å². The number of hydrogen-bond acceptors (Lipinski definition) is 3. The van der Waals surface area contributed by atoms with E-state index in [1.165, 1.54) is 0 Å². The number of carbonyl (C=O) groups is 1. The Morgan fingerprint density at radius 3 is 3.06 bits per heavy atom. The summed E-state index contributed by atoms with van der Waals surface area (Å²) in [4.78, 5) is 13.4. The van der Waals surface area contributed by atoms with E-state index in [0.717, 1.165) is 18.7 Å². The number of aliphatic hydroxyl groups is 1. The summed E-state index contributed by atoms with van der Waals surface area (Å²) in [5, 5.41) is 13.2. The number of rotatable bonds is 4. The molecule has 5 heteroatoms. The summed E-state index contributed by atoms with van der Waals surface area (Å²) >= 11 is 0. The largest absolute Gasteiger partial charge is 0.396 e. The predicted molar refractivity (Wildman–Crippen MR) is 60.1 cm³/mol. The second-order valence-electron chi connectivity index (χ2n) is 4.22. The quantitative estimate of drug-likeness (QED) is 0.814. The fourth-order valence-electron chi connectivity index (χ4n) is 2.00. The number of aliphatic hydroxyl groups excluding tert-OH is 1. The Morgan fingerprint density at radius 1 is 1.62 bits per heavy atom. The molecule has 0 spiro atoms. The third-order valence-corrected chi connectivity index (χ3v) is 2.85. The minimum Gasteiger partial charge on any atom is -0.396 e. The molecule has 16 heavy (non-hydrogen) atoms. The number of aryl methyl sites for hydroxylation is 1. The maximum Gasteiger partial charge on any atom is 0.227 e. The molecular weight excluding hydrogens is 206 g/mol. The van der Waals surface area contributed by atoms with Gasteiger partial charge in [-0.1, -0.05) is 6.92 Å². The van der Waals surface area contributed by atoms with Crippen LogP contribution in [0.4, 0.5) is 5.69 Å². The maximum absolute atomic E-state index is 11.7. The first-order valence-corrected chi connectivity index (χ1v) is 5.68. The molecule has 5 nitrogen and oxygen atoms in total. The standard InChI is InChI=1S/C11H17N3O2/c1-2-3-13-7-10(5-12-13)14-6-9(8-15)4-11(14)16/h5,7,9,15H,2-4,6,8H2,1H3. The molecule has 1 fully saturated rings. The van der Waals surface area contributed by atoms with Gasteiger partial charge in [-0.3, -0.25) is 9.48 Å². The lowest BCUT2D eigenvalue weighted by molar-refractivity contribution is -0.117. The van der Waals surface area contributed by atoms with Crippen molar-refractivity contribution in [3.8, 4) is 0 Å². The van der Waals surface area contributed by atoms with E-state index in [4.69, 9.17) is 5.11 Å². The van der Waals surface area contributed by atoms with Crippen LogP contribution in [-0.4, -0.2) is 33.9 Å². The molecule has 0 radical (unpaired) electrons. The van der Waals surface area contributed by atoms with Gasteiger partial charge in [0.05, 0.1) is 11.9 Å². The van der Waals surface area contributed by atoms with Crippen LogP contribution in [0.15, 0.2) is 12.4 Å². The number of carbonyl (C=O) groups excluding carboxylic acids is 1. The van der Waals surface area contributed by atoms with Crippen molar-refractivity contribution in [1.29, 1.82) is 0 Å². The number of hydrogen-bond donors (Lipinski definition) is 1. The van der Waals surface area contributed by atoms with Gasteiger partial charge in [-0.25, -0.2) is 0 Å². The molecule has 0 bridgehead atoms. The summed E-state index contributed by atoms with van der Waals surface area (Å²) in [7, 11) is 0. The SMILES string of the molecule is CCCn1cc(N2CC(CO)CC2=O)cn1. The first-order valence-electron chi connectivity index (χ1n) is 5.68. The lowest BCUT2D eigenvalue weighted by Gasteiger charge is -2.13. The Balaban J connectivity index is 2.09. The Kier molecular flexibility index (Phi) is 3.24. The molecule has 2 rings (SSSR count). The van der Waals surface area contributed by atoms with Gasteiger partial charge in [0.15, 0.2) is 0 Å². The minimum absolute atomic E-state index is 0.0713. The van der Waals surface area contributed by atoms with Crippen molar-refractivity contribution in [1.82, 2.24) is 9.78 Å². The lowest BCUT2D eigenvalue weighted by atomic mass is 10.1. The fraction of sp³-hybridized carbons (Fsp3) is 0.636. The first-order chi connectivity index (χ1) is 7.74. The molecule has 1 aromatic rings. The molecule has 1 atom stereocenters. The highest BCUT2D eigenvalue weighted by Gasteiger charge is 2.30. The predicted octanol–water partition coefficient (Wildman–Crippen LogP) is 0.638. The van der Waals surface area contributed by atoms with Gasteiger partial charge >= 0.3 is 0 Å². The zero-order valence-corrected chi connectivity index (χ0v) is 9.46. The summed E-state index contributed by atoms with van der Waals surface area (Å²) in [5.74, 6) is 0.150. The van der Waals surface area contributed by atoms with E-state index in [0.29, 0.717) is 13.0 Å². The van der Waals surface area contributed by atoms with Crippen molar-refractivity contribution in [2.75, 3.05) is 18.1 Å². The molecule has 1 saturated heterocycles. The minimum atomic E-state index is 0.0713. The molecule has 1 aliphatic heterocycles. The highest BCUT2D eigenvalue weighted by molar-refractivity contribution is 5.95. The van der Waals surface area contributed by atoms with E-state index >= 15 is 0 Å². The van der Waals surface area contributed by atoms with Crippen molar-refractivity contribution < 1.29 is 9.90 Å². The maximum atomic E-state index is 11.7. The summed E-state index contributed by atoms with van der Waals surface area (Å²) in [6.07, 6.45) is 5.07. The molecule has 1 N–H and O–H groups in total. The zero-order chi connectivity index (χ0) is 11.5. The molecule has 2 heterocycles. The van der Waals surface area contributed by atoms with Gasteiger partial charge in [-0.2, -0.15) is 5.10 Å². The molecular formula is C11H17N3O2. The molecule has 0 aliphatic carbocycles. The van der Waals surface area contributed by atoms with Crippen LogP contribution in [0.3, 0.4) is 0 Å². The molecule has 1 aliphatic rings. The summed E-state index contributed by atoms with van der Waals surface area (Å²) < 4.78 is 1.84. The number of anilines is 1. The van der Waals surface area contributed by atoms with Gasteiger partial charge in [-0.15, -0.1) is 0 Å². The van der Waals surface area contributed by atoms with Gasteiger partial charge in [0, 0.05) is 38.2 Å². The van der Waals surface area contributed by atoms with Crippen LogP contribution in [0.1, 0.15) is 19.8 Å². The molecule has 88 valence electrons. The monoisotopic (exact) mass is 223 g/mol. The fourth-order valence-corrected chi connectivity index (χ4v) is 2.00. The van der Waals surface area contributed by atoms with Crippen LogP contribution in [0.2, 0.25) is 0 Å². The highest BCUT2D eigenvalue weighted by atomic mass is 16.3. The van der Waals surface area contributed by atoms with Crippen LogP contribution in [-0.2, 0) is 11.3 Å². The van der Waals surface area contributed by atoms with Gasteiger partial charge in [0.2, 0.25) is 5.91 Å². The second kappa shape index (κ2) is 4.65. The van der Waals surface area contributed by atoms with Crippen LogP contribution in [0, 0.1) is 5.92 Å². The molecule has 1 amide bonds. The smallest absolute Gasteiger partial charge is 0.227 e. The van der Waals surface area contributed by atoms with Crippen LogP contribution in [0.25, 0.3) is 0 Å². The Bertz CT molecular complexity index is 375.